The summed E-state index contributed by atoms with van der Waals surface area (Å²) >= 11 is 0. The van der Waals surface area contributed by atoms with Gasteiger partial charge in [-0.15, -0.1) is 0 Å². The minimum atomic E-state index is 0.394. The first-order valence-corrected chi connectivity index (χ1v) is 6.49. The summed E-state index contributed by atoms with van der Waals surface area (Å²) < 4.78 is 0. The first-order chi connectivity index (χ1) is 7.72. The third-order valence-electron chi connectivity index (χ3n) is 3.73. The van der Waals surface area contributed by atoms with Gasteiger partial charge < -0.3 is 5.32 Å². The van der Waals surface area contributed by atoms with Crippen molar-refractivity contribution in [1.29, 1.82) is 0 Å². The number of guanidine groups is 1. The second-order valence-corrected chi connectivity index (χ2v) is 5.60. The van der Waals surface area contributed by atoms with Crippen molar-refractivity contribution in [2.45, 2.75) is 57.9 Å². The van der Waals surface area contributed by atoms with Gasteiger partial charge in [0, 0.05) is 12.6 Å². The molecule has 0 amide bonds. The molecule has 0 aromatic carbocycles. The molecule has 2 fully saturated rings. The SMILES string of the molecule is CC1(CN=C(NN)NC2CC2)CCCCC1. The Kier molecular flexibility index (Phi) is 3.69. The maximum atomic E-state index is 5.46. The maximum Gasteiger partial charge on any atom is 0.205 e. The van der Waals surface area contributed by atoms with Gasteiger partial charge in [-0.25, -0.2) is 5.84 Å². The minimum Gasteiger partial charge on any atom is -0.353 e. The average Bonchev–Trinajstić information content (AvgIpc) is 3.09. The Morgan fingerprint density at radius 3 is 2.56 bits per heavy atom. The van der Waals surface area contributed by atoms with Crippen LogP contribution in [0, 0.1) is 5.41 Å². The highest BCUT2D eigenvalue weighted by atomic mass is 15.3. The van der Waals surface area contributed by atoms with E-state index in [9.17, 15) is 0 Å². The Labute approximate surface area is 98.0 Å². The van der Waals surface area contributed by atoms with Gasteiger partial charge in [0.15, 0.2) is 0 Å². The Morgan fingerprint density at radius 1 is 1.31 bits per heavy atom. The minimum absolute atomic E-state index is 0.394. The van der Waals surface area contributed by atoms with Crippen LogP contribution in [0.1, 0.15) is 51.9 Å². The quantitative estimate of drug-likeness (QED) is 0.295. The van der Waals surface area contributed by atoms with Crippen molar-refractivity contribution in [3.05, 3.63) is 0 Å². The van der Waals surface area contributed by atoms with E-state index in [1.807, 2.05) is 0 Å². The molecule has 4 heteroatoms. The second kappa shape index (κ2) is 5.04. The molecule has 0 aromatic heterocycles. The van der Waals surface area contributed by atoms with Crippen LogP contribution < -0.4 is 16.6 Å². The topological polar surface area (TPSA) is 62.4 Å². The molecule has 2 aliphatic carbocycles. The summed E-state index contributed by atoms with van der Waals surface area (Å²) in [5.74, 6) is 6.24. The van der Waals surface area contributed by atoms with E-state index in [1.54, 1.807) is 0 Å². The van der Waals surface area contributed by atoms with Crippen molar-refractivity contribution in [2.75, 3.05) is 6.54 Å². The fourth-order valence-electron chi connectivity index (χ4n) is 2.39. The van der Waals surface area contributed by atoms with Crippen LogP contribution in [0.3, 0.4) is 0 Å². The number of hydrogen-bond donors (Lipinski definition) is 3. The van der Waals surface area contributed by atoms with E-state index in [0.29, 0.717) is 11.5 Å². The zero-order valence-electron chi connectivity index (χ0n) is 10.3. The number of nitrogens with one attached hydrogen (secondary N) is 2. The van der Waals surface area contributed by atoms with Gasteiger partial charge in [0.2, 0.25) is 5.96 Å². The summed E-state index contributed by atoms with van der Waals surface area (Å²) in [6, 6.07) is 0.606. The van der Waals surface area contributed by atoms with Crippen molar-refractivity contribution in [3.63, 3.8) is 0 Å². The molecule has 2 rings (SSSR count). The summed E-state index contributed by atoms with van der Waals surface area (Å²) in [6.07, 6.45) is 9.20. The molecule has 0 radical (unpaired) electrons. The lowest BCUT2D eigenvalue weighted by Gasteiger charge is -2.32. The summed E-state index contributed by atoms with van der Waals surface area (Å²) in [7, 11) is 0. The van der Waals surface area contributed by atoms with Crippen LogP contribution in [-0.4, -0.2) is 18.5 Å². The fourth-order valence-corrected chi connectivity index (χ4v) is 2.39. The van der Waals surface area contributed by atoms with Gasteiger partial charge >= 0.3 is 0 Å². The monoisotopic (exact) mass is 224 g/mol. The summed E-state index contributed by atoms with van der Waals surface area (Å²) in [4.78, 5) is 4.59. The van der Waals surface area contributed by atoms with Crippen LogP contribution in [-0.2, 0) is 0 Å². The molecule has 16 heavy (non-hydrogen) atoms. The lowest BCUT2D eigenvalue weighted by molar-refractivity contribution is 0.226. The van der Waals surface area contributed by atoms with Crippen LogP contribution in [0.25, 0.3) is 0 Å². The Bertz CT molecular complexity index is 252. The molecule has 2 aliphatic rings. The molecule has 0 atom stereocenters. The van der Waals surface area contributed by atoms with Gasteiger partial charge in [0.25, 0.3) is 0 Å². The zero-order chi connectivity index (χ0) is 11.4. The summed E-state index contributed by atoms with van der Waals surface area (Å²) in [5, 5.41) is 3.31. The number of aliphatic imine (C=N–C) groups is 1. The van der Waals surface area contributed by atoms with Crippen LogP contribution in [0.15, 0.2) is 4.99 Å². The van der Waals surface area contributed by atoms with E-state index in [2.05, 4.69) is 22.7 Å². The number of nitrogens with two attached hydrogens (primary N) is 1. The fraction of sp³-hybridized carbons (Fsp3) is 0.917. The molecule has 0 spiro atoms. The summed E-state index contributed by atoms with van der Waals surface area (Å²) in [5.41, 5.74) is 3.06. The molecule has 4 nitrogen and oxygen atoms in total. The highest BCUT2D eigenvalue weighted by Crippen LogP contribution is 2.35. The van der Waals surface area contributed by atoms with Crippen LogP contribution >= 0.6 is 0 Å². The predicted molar refractivity (Wildman–Crippen MR) is 67.0 cm³/mol. The molecule has 0 heterocycles. The molecule has 0 aliphatic heterocycles. The van der Waals surface area contributed by atoms with Gasteiger partial charge in [0.1, 0.15) is 0 Å². The van der Waals surface area contributed by atoms with Crippen LogP contribution in [0.4, 0.5) is 0 Å². The van der Waals surface area contributed by atoms with E-state index in [4.69, 9.17) is 5.84 Å². The highest BCUT2D eigenvalue weighted by Gasteiger charge is 2.27. The largest absolute Gasteiger partial charge is 0.353 e. The van der Waals surface area contributed by atoms with Gasteiger partial charge in [-0.3, -0.25) is 10.4 Å². The third-order valence-corrected chi connectivity index (χ3v) is 3.73. The first kappa shape index (κ1) is 11.7. The van der Waals surface area contributed by atoms with Crippen molar-refractivity contribution in [3.8, 4) is 0 Å². The standard InChI is InChI=1S/C12H24N4/c1-12(7-3-2-4-8-12)9-14-11(16-13)15-10-5-6-10/h10H,2-9,13H2,1H3,(H2,14,15,16). The molecule has 0 bridgehead atoms. The molecular weight excluding hydrogens is 200 g/mol. The number of hydrazine groups is 1. The molecule has 0 unspecified atom stereocenters. The average molecular weight is 224 g/mol. The number of nitrogens with zero attached hydrogens (tertiary/aromatic N) is 1. The maximum absolute atomic E-state index is 5.46. The van der Waals surface area contributed by atoms with E-state index in [0.717, 1.165) is 12.5 Å². The van der Waals surface area contributed by atoms with E-state index < -0.39 is 0 Å². The van der Waals surface area contributed by atoms with Crippen LogP contribution in [0.5, 0.6) is 0 Å². The van der Waals surface area contributed by atoms with Crippen molar-refractivity contribution < 1.29 is 0 Å². The van der Waals surface area contributed by atoms with E-state index in [1.165, 1.54) is 44.9 Å². The molecule has 92 valence electrons. The molecule has 0 saturated heterocycles. The molecule has 2 saturated carbocycles. The van der Waals surface area contributed by atoms with Gasteiger partial charge in [-0.1, -0.05) is 26.2 Å². The molecule has 4 N–H and O–H groups in total. The Morgan fingerprint density at radius 2 is 2.00 bits per heavy atom. The first-order valence-electron chi connectivity index (χ1n) is 6.49. The molecular formula is C12H24N4. The lowest BCUT2D eigenvalue weighted by atomic mass is 9.76. The molecule has 0 aromatic rings. The predicted octanol–water partition coefficient (Wildman–Crippen LogP) is 1.53. The Hall–Kier alpha value is -0.770. The zero-order valence-corrected chi connectivity index (χ0v) is 10.3. The third kappa shape index (κ3) is 3.37. The van der Waals surface area contributed by atoms with Crippen LogP contribution in [0.2, 0.25) is 0 Å². The number of hydrogen-bond acceptors (Lipinski definition) is 2. The van der Waals surface area contributed by atoms with E-state index >= 15 is 0 Å². The second-order valence-electron chi connectivity index (χ2n) is 5.60. The van der Waals surface area contributed by atoms with Gasteiger partial charge in [-0.05, 0) is 31.1 Å². The lowest BCUT2D eigenvalue weighted by Crippen LogP contribution is -2.43. The smallest absolute Gasteiger partial charge is 0.205 e. The summed E-state index contributed by atoms with van der Waals surface area (Å²) in [6.45, 7) is 3.24. The normalized spacial score (nSPS) is 25.2. The van der Waals surface area contributed by atoms with E-state index in [-0.39, 0.29) is 0 Å². The highest BCUT2D eigenvalue weighted by molar-refractivity contribution is 5.79. The van der Waals surface area contributed by atoms with Gasteiger partial charge in [0.05, 0.1) is 0 Å². The van der Waals surface area contributed by atoms with Crippen molar-refractivity contribution in [1.82, 2.24) is 10.7 Å². The van der Waals surface area contributed by atoms with Crippen molar-refractivity contribution in [2.24, 2.45) is 16.3 Å². The van der Waals surface area contributed by atoms with Crippen molar-refractivity contribution >= 4 is 5.96 Å². The number of rotatable bonds is 3. The Balaban J connectivity index is 1.83. The van der Waals surface area contributed by atoms with Gasteiger partial charge in [-0.2, -0.15) is 0 Å².